The van der Waals surface area contributed by atoms with Gasteiger partial charge in [-0.25, -0.2) is 0 Å². The average Bonchev–Trinajstić information content (AvgIpc) is 2.50. The van der Waals surface area contributed by atoms with Gasteiger partial charge in [0, 0.05) is 39.6 Å². The Kier molecular flexibility index (Phi) is 56.1. The van der Waals surface area contributed by atoms with Crippen molar-refractivity contribution in [3.8, 4) is 0 Å². The summed E-state index contributed by atoms with van der Waals surface area (Å²) in [5.41, 5.74) is 0. The van der Waals surface area contributed by atoms with E-state index in [1.165, 1.54) is 0 Å². The zero-order chi connectivity index (χ0) is 17.8. The first-order valence-corrected chi connectivity index (χ1v) is 9.35. The van der Waals surface area contributed by atoms with E-state index in [9.17, 15) is 0 Å². The van der Waals surface area contributed by atoms with E-state index in [1.807, 2.05) is 13.8 Å². The van der Waals surface area contributed by atoms with Crippen molar-refractivity contribution < 1.29 is 18.9 Å². The molecule has 0 unspecified atom stereocenters. The standard InChI is InChI=1S/C10H22O2.C9H20O2.4CH4/c1-4-11-7-5-8-12-9-6-10(2)3;1-4-10-7-8-11-6-5-9(2)3;;;;/h10H,4-9H2,1-3H3;9H,4-8H2,1-3H3;4*1H4. The van der Waals surface area contributed by atoms with Gasteiger partial charge in [0.25, 0.3) is 0 Å². The maximum atomic E-state index is 5.41. The van der Waals surface area contributed by atoms with Crippen LogP contribution < -0.4 is 0 Å². The van der Waals surface area contributed by atoms with Crippen molar-refractivity contribution in [2.75, 3.05) is 52.9 Å². The molecule has 27 heavy (non-hydrogen) atoms. The first-order chi connectivity index (χ1) is 11.0. The molecule has 0 heterocycles. The molecule has 0 atom stereocenters. The van der Waals surface area contributed by atoms with E-state index in [1.54, 1.807) is 0 Å². The van der Waals surface area contributed by atoms with E-state index in [4.69, 9.17) is 18.9 Å². The highest BCUT2D eigenvalue weighted by Gasteiger charge is 1.94. The van der Waals surface area contributed by atoms with E-state index >= 15 is 0 Å². The molecule has 0 aromatic rings. The molecule has 0 saturated carbocycles. The summed E-state index contributed by atoms with van der Waals surface area (Å²) < 4.78 is 21.0. The summed E-state index contributed by atoms with van der Waals surface area (Å²) in [5, 5.41) is 0. The van der Waals surface area contributed by atoms with Crippen molar-refractivity contribution in [2.24, 2.45) is 11.8 Å². The molecule has 0 rings (SSSR count). The molecule has 0 aliphatic rings. The van der Waals surface area contributed by atoms with Crippen LogP contribution in [0.3, 0.4) is 0 Å². The normalized spacial score (nSPS) is 9.33. The molecule has 0 N–H and O–H groups in total. The molecule has 0 amide bonds. The molecule has 0 saturated heterocycles. The predicted molar refractivity (Wildman–Crippen MR) is 125 cm³/mol. The van der Waals surface area contributed by atoms with Gasteiger partial charge in [-0.05, 0) is 44.9 Å². The monoisotopic (exact) mass is 398 g/mol. The molecule has 4 heteroatoms. The minimum absolute atomic E-state index is 0. The summed E-state index contributed by atoms with van der Waals surface area (Å²) in [6, 6.07) is 0. The van der Waals surface area contributed by atoms with Crippen LogP contribution in [0, 0.1) is 11.8 Å². The van der Waals surface area contributed by atoms with Crippen molar-refractivity contribution in [3.63, 3.8) is 0 Å². The molecule has 4 nitrogen and oxygen atoms in total. The summed E-state index contributed by atoms with van der Waals surface area (Å²) in [6.45, 7) is 19.3. The fraction of sp³-hybridized carbons (Fsp3) is 1.00. The average molecular weight is 399 g/mol. The number of hydrogen-bond acceptors (Lipinski definition) is 4. The van der Waals surface area contributed by atoms with E-state index in [-0.39, 0.29) is 29.7 Å². The molecule has 0 bridgehead atoms. The van der Waals surface area contributed by atoms with Gasteiger partial charge in [0.05, 0.1) is 13.2 Å². The van der Waals surface area contributed by atoms with Crippen molar-refractivity contribution >= 4 is 0 Å². The summed E-state index contributed by atoms with van der Waals surface area (Å²) in [7, 11) is 0. The largest absolute Gasteiger partial charge is 0.382 e. The van der Waals surface area contributed by atoms with Gasteiger partial charge in [0.1, 0.15) is 0 Å². The molecule has 0 aliphatic heterocycles. The fourth-order valence-electron chi connectivity index (χ4n) is 1.51. The van der Waals surface area contributed by atoms with E-state index < -0.39 is 0 Å². The first kappa shape index (κ1) is 41.3. The second-order valence-corrected chi connectivity index (χ2v) is 6.34. The van der Waals surface area contributed by atoms with Gasteiger partial charge in [-0.15, -0.1) is 0 Å². The molecule has 0 radical (unpaired) electrons. The zero-order valence-electron chi connectivity index (χ0n) is 16.6. The summed E-state index contributed by atoms with van der Waals surface area (Å²) in [4.78, 5) is 0. The lowest BCUT2D eigenvalue weighted by atomic mass is 10.1. The highest BCUT2D eigenvalue weighted by atomic mass is 16.5. The molecule has 174 valence electrons. The fourth-order valence-corrected chi connectivity index (χ4v) is 1.51. The molecule has 0 aromatic carbocycles. The summed E-state index contributed by atoms with van der Waals surface area (Å²) >= 11 is 0. The second kappa shape index (κ2) is 36.7. The van der Waals surface area contributed by atoms with Crippen LogP contribution >= 0.6 is 0 Å². The van der Waals surface area contributed by atoms with Gasteiger partial charge >= 0.3 is 0 Å². The van der Waals surface area contributed by atoms with Gasteiger partial charge in [-0.1, -0.05) is 57.4 Å². The molecule has 0 aromatic heterocycles. The highest BCUT2D eigenvalue weighted by Crippen LogP contribution is 1.99. The van der Waals surface area contributed by atoms with E-state index in [2.05, 4.69) is 27.7 Å². The van der Waals surface area contributed by atoms with Gasteiger partial charge in [0.15, 0.2) is 0 Å². The third-order valence-electron chi connectivity index (χ3n) is 3.04. The van der Waals surface area contributed by atoms with Gasteiger partial charge in [0.2, 0.25) is 0 Å². The van der Waals surface area contributed by atoms with Crippen molar-refractivity contribution in [1.29, 1.82) is 0 Å². The first-order valence-electron chi connectivity index (χ1n) is 9.35. The Hall–Kier alpha value is -0.160. The zero-order valence-corrected chi connectivity index (χ0v) is 16.6. The second-order valence-electron chi connectivity index (χ2n) is 6.34. The van der Waals surface area contributed by atoms with Crippen LogP contribution in [0.25, 0.3) is 0 Å². The summed E-state index contributed by atoms with van der Waals surface area (Å²) in [6.07, 6.45) is 3.33. The van der Waals surface area contributed by atoms with Crippen LogP contribution in [0.15, 0.2) is 0 Å². The number of rotatable bonds is 15. The van der Waals surface area contributed by atoms with Gasteiger partial charge < -0.3 is 18.9 Å². The predicted octanol–water partition coefficient (Wildman–Crippen LogP) is 7.11. The molecule has 0 spiro atoms. The van der Waals surface area contributed by atoms with Crippen LogP contribution in [0.1, 0.15) is 90.5 Å². The minimum atomic E-state index is 0. The maximum absolute atomic E-state index is 5.41. The molecule has 0 fully saturated rings. The Morgan fingerprint density at radius 1 is 0.481 bits per heavy atom. The maximum Gasteiger partial charge on any atom is 0.0700 e. The van der Waals surface area contributed by atoms with Crippen LogP contribution in [-0.2, 0) is 18.9 Å². The third kappa shape index (κ3) is 51.8. The van der Waals surface area contributed by atoms with Gasteiger partial charge in [-0.2, -0.15) is 0 Å². The van der Waals surface area contributed by atoms with Gasteiger partial charge in [-0.3, -0.25) is 0 Å². The Morgan fingerprint density at radius 3 is 1.22 bits per heavy atom. The van der Waals surface area contributed by atoms with E-state index in [0.717, 1.165) is 84.0 Å². The molecule has 0 aliphatic carbocycles. The number of hydrogen-bond donors (Lipinski definition) is 0. The third-order valence-corrected chi connectivity index (χ3v) is 3.04. The lowest BCUT2D eigenvalue weighted by Gasteiger charge is -2.05. The number of ether oxygens (including phenoxy) is 4. The smallest absolute Gasteiger partial charge is 0.0700 e. The van der Waals surface area contributed by atoms with Crippen molar-refractivity contribution in [2.45, 2.75) is 90.5 Å². The van der Waals surface area contributed by atoms with E-state index in [0.29, 0.717) is 0 Å². The van der Waals surface area contributed by atoms with Crippen LogP contribution in [0.4, 0.5) is 0 Å². The minimum Gasteiger partial charge on any atom is -0.382 e. The SMILES string of the molecule is C.C.C.C.CCOCCCOCCC(C)C.CCOCCOCCC(C)C. The Morgan fingerprint density at radius 2 is 0.815 bits per heavy atom. The Balaban J connectivity index is -0.0000000713. The molecular weight excluding hydrogens is 340 g/mol. The van der Waals surface area contributed by atoms with Crippen molar-refractivity contribution in [1.82, 2.24) is 0 Å². The Labute approximate surface area is 174 Å². The molecular formula is C23H58O4. The van der Waals surface area contributed by atoms with Crippen molar-refractivity contribution in [3.05, 3.63) is 0 Å². The van der Waals surface area contributed by atoms with Crippen LogP contribution in [-0.4, -0.2) is 52.9 Å². The highest BCUT2D eigenvalue weighted by molar-refractivity contribution is 4.43. The summed E-state index contributed by atoms with van der Waals surface area (Å²) in [5.74, 6) is 1.49. The lowest BCUT2D eigenvalue weighted by Crippen LogP contribution is -2.06. The lowest BCUT2D eigenvalue weighted by molar-refractivity contribution is 0.0488. The Bertz CT molecular complexity index is 197. The quantitative estimate of drug-likeness (QED) is 0.275. The topological polar surface area (TPSA) is 36.9 Å². The van der Waals surface area contributed by atoms with Crippen LogP contribution in [0.5, 0.6) is 0 Å². The van der Waals surface area contributed by atoms with Crippen LogP contribution in [0.2, 0.25) is 0 Å².